The number of carbonyl (C=O) groups is 1. The maximum absolute atomic E-state index is 12.4. The maximum Gasteiger partial charge on any atom is 0.337 e. The van der Waals surface area contributed by atoms with E-state index in [1.54, 1.807) is 0 Å². The van der Waals surface area contributed by atoms with E-state index in [4.69, 9.17) is 9.72 Å². The van der Waals surface area contributed by atoms with Crippen molar-refractivity contribution in [3.05, 3.63) is 89.6 Å². The standard InChI is InChI=1S/C29H29NO3/c1-18-17-24-23(16-11-19(2)30-24)26(25(18)27(28(31)32)33-29(3,4)5)22-14-12-21(13-15-22)20-9-7-6-8-10-20/h6-17,27H,1-5H3,(H,31,32)/t27-/m0/s1. The minimum absolute atomic E-state index is 0.621. The third-order valence-electron chi connectivity index (χ3n) is 5.62. The van der Waals surface area contributed by atoms with E-state index in [0.29, 0.717) is 5.56 Å². The molecule has 3 aromatic carbocycles. The number of fused-ring (bicyclic) bond motifs is 1. The summed E-state index contributed by atoms with van der Waals surface area (Å²) in [4.78, 5) is 17.1. The van der Waals surface area contributed by atoms with Crippen molar-refractivity contribution in [1.82, 2.24) is 4.98 Å². The highest BCUT2D eigenvalue weighted by atomic mass is 16.5. The first kappa shape index (κ1) is 22.7. The Bertz CT molecular complexity index is 1300. The molecule has 1 aromatic heterocycles. The molecule has 0 fully saturated rings. The summed E-state index contributed by atoms with van der Waals surface area (Å²) in [5.41, 5.74) is 6.69. The van der Waals surface area contributed by atoms with E-state index < -0.39 is 17.7 Å². The van der Waals surface area contributed by atoms with Crippen LogP contribution in [0.3, 0.4) is 0 Å². The van der Waals surface area contributed by atoms with Gasteiger partial charge in [-0.1, -0.05) is 60.7 Å². The topological polar surface area (TPSA) is 59.4 Å². The van der Waals surface area contributed by atoms with Crippen LogP contribution in [0, 0.1) is 13.8 Å². The number of nitrogens with zero attached hydrogens (tertiary/aromatic N) is 1. The second-order valence-electron chi connectivity index (χ2n) is 9.39. The molecule has 0 radical (unpaired) electrons. The molecular weight excluding hydrogens is 410 g/mol. The van der Waals surface area contributed by atoms with Crippen LogP contribution >= 0.6 is 0 Å². The molecule has 1 heterocycles. The lowest BCUT2D eigenvalue weighted by atomic mass is 9.87. The molecular formula is C29H29NO3. The SMILES string of the molecule is Cc1ccc2c(-c3ccc(-c4ccccc4)cc3)c([C@H](OC(C)(C)C)C(=O)O)c(C)cc2n1. The molecule has 4 rings (SSSR count). The summed E-state index contributed by atoms with van der Waals surface area (Å²) in [6.07, 6.45) is -1.10. The summed E-state index contributed by atoms with van der Waals surface area (Å²) in [6.45, 7) is 9.51. The van der Waals surface area contributed by atoms with Crippen molar-refractivity contribution in [3.63, 3.8) is 0 Å². The van der Waals surface area contributed by atoms with Crippen molar-refractivity contribution < 1.29 is 14.6 Å². The lowest BCUT2D eigenvalue weighted by Gasteiger charge is -2.28. The van der Waals surface area contributed by atoms with Gasteiger partial charge in [0.05, 0.1) is 11.1 Å². The molecule has 0 aliphatic heterocycles. The molecule has 4 heteroatoms. The van der Waals surface area contributed by atoms with Crippen molar-refractivity contribution in [3.8, 4) is 22.3 Å². The molecule has 0 unspecified atom stereocenters. The molecule has 1 N–H and O–H groups in total. The Morgan fingerprint density at radius 2 is 1.48 bits per heavy atom. The fourth-order valence-corrected chi connectivity index (χ4v) is 4.22. The number of hydrogen-bond acceptors (Lipinski definition) is 3. The minimum atomic E-state index is -1.10. The zero-order valence-corrected chi connectivity index (χ0v) is 19.7. The summed E-state index contributed by atoms with van der Waals surface area (Å²) in [5, 5.41) is 11.1. The number of aromatic nitrogens is 1. The molecule has 33 heavy (non-hydrogen) atoms. The van der Waals surface area contributed by atoms with Crippen LogP contribution in [-0.4, -0.2) is 21.7 Å². The van der Waals surface area contributed by atoms with Gasteiger partial charge < -0.3 is 9.84 Å². The third-order valence-corrected chi connectivity index (χ3v) is 5.62. The van der Waals surface area contributed by atoms with E-state index in [1.807, 2.05) is 71.0 Å². The number of carboxylic acid groups (broad SMARTS) is 1. The molecule has 0 spiro atoms. The number of rotatable bonds is 5. The van der Waals surface area contributed by atoms with Crippen molar-refractivity contribution in [2.24, 2.45) is 0 Å². The first-order valence-corrected chi connectivity index (χ1v) is 11.1. The average Bonchev–Trinajstić information content (AvgIpc) is 2.77. The Morgan fingerprint density at radius 3 is 2.09 bits per heavy atom. The highest BCUT2D eigenvalue weighted by Crippen LogP contribution is 2.40. The van der Waals surface area contributed by atoms with Gasteiger partial charge in [-0.25, -0.2) is 4.79 Å². The van der Waals surface area contributed by atoms with E-state index in [2.05, 4.69) is 36.4 Å². The van der Waals surface area contributed by atoms with Crippen LogP contribution in [0.15, 0.2) is 72.8 Å². The summed E-state index contributed by atoms with van der Waals surface area (Å²) in [7, 11) is 0. The average molecular weight is 440 g/mol. The monoisotopic (exact) mass is 439 g/mol. The smallest absolute Gasteiger partial charge is 0.337 e. The fraction of sp³-hybridized carbons (Fsp3) is 0.241. The molecule has 168 valence electrons. The molecule has 0 amide bonds. The highest BCUT2D eigenvalue weighted by Gasteiger charge is 2.31. The summed E-state index contributed by atoms with van der Waals surface area (Å²) in [6, 6.07) is 24.4. The lowest BCUT2D eigenvalue weighted by Crippen LogP contribution is -2.28. The van der Waals surface area contributed by atoms with Crippen molar-refractivity contribution >= 4 is 16.9 Å². The Balaban J connectivity index is 1.97. The van der Waals surface area contributed by atoms with Crippen LogP contribution in [-0.2, 0) is 9.53 Å². The van der Waals surface area contributed by atoms with Gasteiger partial charge in [0, 0.05) is 16.6 Å². The number of aliphatic carboxylic acids is 1. The van der Waals surface area contributed by atoms with Gasteiger partial charge in [0.1, 0.15) is 0 Å². The van der Waals surface area contributed by atoms with Crippen LogP contribution < -0.4 is 0 Å². The third kappa shape index (κ3) is 4.81. The summed E-state index contributed by atoms with van der Waals surface area (Å²) < 4.78 is 6.07. The van der Waals surface area contributed by atoms with Gasteiger partial charge in [-0.2, -0.15) is 0 Å². The molecule has 0 saturated carbocycles. The zero-order chi connectivity index (χ0) is 23.8. The quantitative estimate of drug-likeness (QED) is 0.359. The van der Waals surface area contributed by atoms with Gasteiger partial charge >= 0.3 is 5.97 Å². The van der Waals surface area contributed by atoms with Gasteiger partial charge in [-0.05, 0) is 74.6 Å². The summed E-state index contributed by atoms with van der Waals surface area (Å²) >= 11 is 0. The number of ether oxygens (including phenoxy) is 1. The molecule has 0 aliphatic carbocycles. The first-order valence-electron chi connectivity index (χ1n) is 11.1. The molecule has 1 atom stereocenters. The van der Waals surface area contributed by atoms with Crippen LogP contribution in [0.1, 0.15) is 43.7 Å². The molecule has 0 saturated heterocycles. The minimum Gasteiger partial charge on any atom is -0.479 e. The number of pyridine rings is 1. The predicted octanol–water partition coefficient (Wildman–Crippen LogP) is 7.13. The van der Waals surface area contributed by atoms with E-state index >= 15 is 0 Å². The Morgan fingerprint density at radius 1 is 0.879 bits per heavy atom. The molecule has 0 bridgehead atoms. The normalized spacial score (nSPS) is 12.6. The number of benzene rings is 3. The van der Waals surface area contributed by atoms with Crippen LogP contribution in [0.5, 0.6) is 0 Å². The second-order valence-corrected chi connectivity index (χ2v) is 9.39. The number of hydrogen-bond donors (Lipinski definition) is 1. The summed E-state index contributed by atoms with van der Waals surface area (Å²) in [5.74, 6) is -1.00. The van der Waals surface area contributed by atoms with E-state index in [0.717, 1.165) is 44.4 Å². The number of aryl methyl sites for hydroxylation is 2. The Hall–Kier alpha value is -3.50. The fourth-order valence-electron chi connectivity index (χ4n) is 4.22. The van der Waals surface area contributed by atoms with E-state index in [9.17, 15) is 9.90 Å². The second kappa shape index (κ2) is 8.80. The van der Waals surface area contributed by atoms with Crippen LogP contribution in [0.2, 0.25) is 0 Å². The Kier molecular flexibility index (Phi) is 6.05. The highest BCUT2D eigenvalue weighted by molar-refractivity contribution is 5.99. The van der Waals surface area contributed by atoms with Gasteiger partial charge in [-0.15, -0.1) is 0 Å². The van der Waals surface area contributed by atoms with Gasteiger partial charge in [0.2, 0.25) is 0 Å². The zero-order valence-electron chi connectivity index (χ0n) is 19.7. The molecule has 4 aromatic rings. The van der Waals surface area contributed by atoms with Gasteiger partial charge in [-0.3, -0.25) is 4.98 Å². The van der Waals surface area contributed by atoms with Crippen molar-refractivity contribution in [2.45, 2.75) is 46.3 Å². The van der Waals surface area contributed by atoms with Crippen LogP contribution in [0.4, 0.5) is 0 Å². The predicted molar refractivity (Wildman–Crippen MR) is 133 cm³/mol. The van der Waals surface area contributed by atoms with Crippen LogP contribution in [0.25, 0.3) is 33.2 Å². The van der Waals surface area contributed by atoms with Gasteiger partial charge in [0.25, 0.3) is 0 Å². The largest absolute Gasteiger partial charge is 0.479 e. The molecule has 0 aliphatic rings. The van der Waals surface area contributed by atoms with E-state index in [-0.39, 0.29) is 0 Å². The molecule has 4 nitrogen and oxygen atoms in total. The number of carboxylic acids is 1. The van der Waals surface area contributed by atoms with E-state index in [1.165, 1.54) is 0 Å². The van der Waals surface area contributed by atoms with Gasteiger partial charge in [0.15, 0.2) is 6.10 Å². The van der Waals surface area contributed by atoms with Crippen molar-refractivity contribution in [2.75, 3.05) is 0 Å². The van der Waals surface area contributed by atoms with Crippen molar-refractivity contribution in [1.29, 1.82) is 0 Å². The maximum atomic E-state index is 12.4. The lowest BCUT2D eigenvalue weighted by molar-refractivity contribution is -0.160. The first-order chi connectivity index (χ1) is 15.6. The Labute approximate surface area is 194 Å².